The highest BCUT2D eigenvalue weighted by Gasteiger charge is 2.40. The van der Waals surface area contributed by atoms with Crippen LogP contribution in [0.15, 0.2) is 12.1 Å². The Morgan fingerprint density at radius 3 is 2.43 bits per heavy atom. The fourth-order valence-corrected chi connectivity index (χ4v) is 4.70. The molecule has 1 aromatic carbocycles. The van der Waals surface area contributed by atoms with Crippen LogP contribution in [0.2, 0.25) is 0 Å². The lowest BCUT2D eigenvalue weighted by Crippen LogP contribution is -2.44. The number of ether oxygens (including phenoxy) is 2. The maximum Gasteiger partial charge on any atom is 0.214 e. The van der Waals surface area contributed by atoms with Crippen molar-refractivity contribution in [3.05, 3.63) is 34.4 Å². The Hall–Kier alpha value is -0.950. The van der Waals surface area contributed by atoms with Crippen LogP contribution in [-0.2, 0) is 26.0 Å². The summed E-state index contributed by atoms with van der Waals surface area (Å²) in [5.74, 6) is -0.0577. The summed E-state index contributed by atoms with van der Waals surface area (Å²) in [5.41, 5.74) is 3.72. The van der Waals surface area contributed by atoms with Crippen LogP contribution in [-0.4, -0.2) is 39.6 Å². The number of hydrogen-bond donors (Lipinski definition) is 1. The van der Waals surface area contributed by atoms with Crippen LogP contribution in [0.25, 0.3) is 0 Å². The van der Waals surface area contributed by atoms with E-state index < -0.39 is 15.6 Å². The summed E-state index contributed by atoms with van der Waals surface area (Å²) in [6.07, 6.45) is 0.615. The molecule has 23 heavy (non-hydrogen) atoms. The average Bonchev–Trinajstić information content (AvgIpc) is 2.85. The van der Waals surface area contributed by atoms with Crippen LogP contribution in [0.1, 0.15) is 35.6 Å². The highest BCUT2D eigenvalue weighted by molar-refractivity contribution is 7.89. The molecule has 0 spiro atoms. The van der Waals surface area contributed by atoms with Gasteiger partial charge in [-0.1, -0.05) is 17.7 Å². The van der Waals surface area contributed by atoms with E-state index in [2.05, 4.69) is 16.9 Å². The summed E-state index contributed by atoms with van der Waals surface area (Å²) in [6.45, 7) is 9.61. The van der Waals surface area contributed by atoms with Crippen molar-refractivity contribution in [3.8, 4) is 0 Å². The first-order valence-electron chi connectivity index (χ1n) is 8.03. The SMILES string of the molecule is CCO[C@@]1(CS(=O)(=O)NCc2c(C)cc(C)cc2C)CCOC1. The van der Waals surface area contributed by atoms with Gasteiger partial charge in [-0.25, -0.2) is 13.1 Å². The molecule has 1 heterocycles. The summed E-state index contributed by atoms with van der Waals surface area (Å²) in [7, 11) is -3.44. The summed E-state index contributed by atoms with van der Waals surface area (Å²) in [5, 5.41) is 0. The zero-order valence-corrected chi connectivity index (χ0v) is 15.3. The van der Waals surface area contributed by atoms with Crippen molar-refractivity contribution in [2.75, 3.05) is 25.6 Å². The van der Waals surface area contributed by atoms with E-state index in [-0.39, 0.29) is 5.75 Å². The third kappa shape index (κ3) is 4.76. The molecule has 1 aliphatic rings. The van der Waals surface area contributed by atoms with Crippen LogP contribution >= 0.6 is 0 Å². The van der Waals surface area contributed by atoms with Crippen molar-refractivity contribution in [2.24, 2.45) is 0 Å². The Kier molecular flexibility index (Phi) is 5.84. The van der Waals surface area contributed by atoms with Gasteiger partial charge < -0.3 is 9.47 Å². The molecule has 1 atom stereocenters. The second-order valence-electron chi connectivity index (χ2n) is 6.38. The van der Waals surface area contributed by atoms with Gasteiger partial charge >= 0.3 is 0 Å². The van der Waals surface area contributed by atoms with Gasteiger partial charge in [0, 0.05) is 26.2 Å². The number of hydrogen-bond acceptors (Lipinski definition) is 4. The van der Waals surface area contributed by atoms with Gasteiger partial charge in [0.25, 0.3) is 0 Å². The molecule has 1 fully saturated rings. The average molecular weight is 341 g/mol. The van der Waals surface area contributed by atoms with Crippen LogP contribution in [0, 0.1) is 20.8 Å². The number of nitrogens with one attached hydrogen (secondary N) is 1. The zero-order chi connectivity index (χ0) is 17.1. The van der Waals surface area contributed by atoms with Crippen LogP contribution in [0.4, 0.5) is 0 Å². The number of sulfonamides is 1. The molecule has 0 bridgehead atoms. The lowest BCUT2D eigenvalue weighted by atomic mass is 10.0. The van der Waals surface area contributed by atoms with E-state index in [0.717, 1.165) is 16.7 Å². The molecule has 1 aliphatic heterocycles. The van der Waals surface area contributed by atoms with Gasteiger partial charge in [-0.15, -0.1) is 0 Å². The second-order valence-corrected chi connectivity index (χ2v) is 8.18. The smallest absolute Gasteiger partial charge is 0.214 e. The molecular formula is C17H27NO4S. The lowest BCUT2D eigenvalue weighted by Gasteiger charge is -2.27. The largest absolute Gasteiger partial charge is 0.378 e. The Bertz CT molecular complexity index is 626. The van der Waals surface area contributed by atoms with E-state index in [1.54, 1.807) is 0 Å². The van der Waals surface area contributed by atoms with E-state index in [4.69, 9.17) is 9.47 Å². The van der Waals surface area contributed by atoms with E-state index in [0.29, 0.717) is 32.8 Å². The highest BCUT2D eigenvalue weighted by Crippen LogP contribution is 2.25. The van der Waals surface area contributed by atoms with Crippen molar-refractivity contribution in [3.63, 3.8) is 0 Å². The summed E-state index contributed by atoms with van der Waals surface area (Å²) < 4.78 is 38.7. The number of aryl methyl sites for hydroxylation is 3. The number of benzene rings is 1. The Morgan fingerprint density at radius 1 is 1.26 bits per heavy atom. The molecule has 0 aliphatic carbocycles. The lowest BCUT2D eigenvalue weighted by molar-refractivity contribution is -0.0268. The third-order valence-electron chi connectivity index (χ3n) is 4.28. The zero-order valence-electron chi connectivity index (χ0n) is 14.4. The van der Waals surface area contributed by atoms with E-state index in [1.807, 2.05) is 27.7 Å². The van der Waals surface area contributed by atoms with Crippen molar-refractivity contribution in [1.29, 1.82) is 0 Å². The normalized spacial score (nSPS) is 21.7. The third-order valence-corrected chi connectivity index (χ3v) is 5.77. The predicted octanol–water partition coefficient (Wildman–Crippen LogP) is 2.23. The Morgan fingerprint density at radius 2 is 1.91 bits per heavy atom. The molecule has 0 amide bonds. The molecule has 1 N–H and O–H groups in total. The van der Waals surface area contributed by atoms with E-state index in [1.165, 1.54) is 5.56 Å². The summed E-state index contributed by atoms with van der Waals surface area (Å²) in [4.78, 5) is 0. The standard InChI is InChI=1S/C17H27NO4S/c1-5-22-17(6-7-21-11-17)12-23(19,20)18-10-16-14(3)8-13(2)9-15(16)4/h8-9,18H,5-7,10-12H2,1-4H3/t17-/m0/s1. The fraction of sp³-hybridized carbons (Fsp3) is 0.647. The van der Waals surface area contributed by atoms with Gasteiger partial charge in [0.05, 0.1) is 12.4 Å². The molecule has 0 unspecified atom stereocenters. The summed E-state index contributed by atoms with van der Waals surface area (Å²) in [6, 6.07) is 4.15. The molecule has 1 saturated heterocycles. The minimum Gasteiger partial charge on any atom is -0.378 e. The van der Waals surface area contributed by atoms with E-state index in [9.17, 15) is 8.42 Å². The predicted molar refractivity (Wildman–Crippen MR) is 91.1 cm³/mol. The van der Waals surface area contributed by atoms with Crippen molar-refractivity contribution in [1.82, 2.24) is 4.72 Å². The Labute approximate surface area is 139 Å². The maximum absolute atomic E-state index is 12.5. The quantitative estimate of drug-likeness (QED) is 0.826. The number of rotatable bonds is 7. The Balaban J connectivity index is 2.07. The molecule has 0 radical (unpaired) electrons. The van der Waals surface area contributed by atoms with Crippen LogP contribution in [0.3, 0.4) is 0 Å². The highest BCUT2D eigenvalue weighted by atomic mass is 32.2. The van der Waals surface area contributed by atoms with Gasteiger partial charge in [-0.3, -0.25) is 0 Å². The van der Waals surface area contributed by atoms with Gasteiger partial charge in [-0.05, 0) is 44.4 Å². The maximum atomic E-state index is 12.5. The second kappa shape index (κ2) is 7.30. The topological polar surface area (TPSA) is 64.6 Å². The van der Waals surface area contributed by atoms with Crippen LogP contribution < -0.4 is 4.72 Å². The molecule has 6 heteroatoms. The first-order valence-corrected chi connectivity index (χ1v) is 9.68. The van der Waals surface area contributed by atoms with Gasteiger partial charge in [0.1, 0.15) is 5.60 Å². The molecule has 2 rings (SSSR count). The first-order chi connectivity index (χ1) is 10.8. The minimum atomic E-state index is -3.44. The molecule has 0 saturated carbocycles. The van der Waals surface area contributed by atoms with Gasteiger partial charge in [0.15, 0.2) is 0 Å². The van der Waals surface area contributed by atoms with Gasteiger partial charge in [-0.2, -0.15) is 0 Å². The first kappa shape index (κ1) is 18.4. The van der Waals surface area contributed by atoms with E-state index >= 15 is 0 Å². The fourth-order valence-electron chi connectivity index (χ4n) is 3.23. The molecule has 130 valence electrons. The minimum absolute atomic E-state index is 0.0577. The van der Waals surface area contributed by atoms with Gasteiger partial charge in [0.2, 0.25) is 10.0 Å². The monoisotopic (exact) mass is 341 g/mol. The van der Waals surface area contributed by atoms with Crippen molar-refractivity contribution in [2.45, 2.75) is 46.3 Å². The molecule has 5 nitrogen and oxygen atoms in total. The van der Waals surface area contributed by atoms with Crippen LogP contribution in [0.5, 0.6) is 0 Å². The summed E-state index contributed by atoms with van der Waals surface area (Å²) >= 11 is 0. The molecular weight excluding hydrogens is 314 g/mol. The molecule has 0 aromatic heterocycles. The molecule has 1 aromatic rings. The van der Waals surface area contributed by atoms with Crippen molar-refractivity contribution < 1.29 is 17.9 Å². The van der Waals surface area contributed by atoms with Crippen molar-refractivity contribution >= 4 is 10.0 Å².